The molecule has 1 N–H and O–H groups in total. The number of carboxylic acids is 1. The third-order valence-electron chi connectivity index (χ3n) is 1.91. The maximum absolute atomic E-state index is 10.1. The van der Waals surface area contributed by atoms with E-state index in [0.29, 0.717) is 6.42 Å². The van der Waals surface area contributed by atoms with Crippen LogP contribution in [0.2, 0.25) is 0 Å². The molecule has 0 atom stereocenters. The molecule has 2 aliphatic carbocycles. The predicted octanol–water partition coefficient (Wildman–Crippen LogP) is 2.28. The number of rotatable bonds is 3. The molecule has 0 amide bonds. The van der Waals surface area contributed by atoms with Gasteiger partial charge in [0.05, 0.1) is 0 Å². The summed E-state index contributed by atoms with van der Waals surface area (Å²) < 4.78 is 0. The average molecular weight is 258 g/mol. The van der Waals surface area contributed by atoms with Crippen LogP contribution in [-0.2, 0) is 21.9 Å². The molecule has 0 bridgehead atoms. The Balaban J connectivity index is 0.000000318. The van der Waals surface area contributed by atoms with Crippen LogP contribution in [0.3, 0.4) is 0 Å². The van der Waals surface area contributed by atoms with Crippen molar-refractivity contribution < 1.29 is 27.0 Å². The summed E-state index contributed by atoms with van der Waals surface area (Å²) in [7, 11) is 0. The van der Waals surface area contributed by atoms with Crippen molar-refractivity contribution in [3.8, 4) is 0 Å². The quantitative estimate of drug-likeness (QED) is 0.788. The van der Waals surface area contributed by atoms with E-state index in [9.17, 15) is 4.79 Å². The molecule has 2 rings (SSSR count). The Hall–Kier alpha value is -0.0105. The van der Waals surface area contributed by atoms with Gasteiger partial charge < -0.3 is 5.11 Å². The Kier molecular flexibility index (Phi) is 10.2. The van der Waals surface area contributed by atoms with Crippen molar-refractivity contribution in [2.45, 2.75) is 12.8 Å². The minimum atomic E-state index is -0.735. The Morgan fingerprint density at radius 2 is 1.38 bits per heavy atom. The summed E-state index contributed by atoms with van der Waals surface area (Å²) >= 11 is 0. The SMILES string of the molecule is O=C(O)CC[C]1[CH][CH][CH][CH]1.[CH]1[CH][CH][CH][CH]1.[Fe+2]. The minimum Gasteiger partial charge on any atom is -0.481 e. The van der Waals surface area contributed by atoms with Crippen LogP contribution < -0.4 is 0 Å². The van der Waals surface area contributed by atoms with Gasteiger partial charge in [-0.3, -0.25) is 4.79 Å². The van der Waals surface area contributed by atoms with Crippen LogP contribution in [0.25, 0.3) is 0 Å². The maximum Gasteiger partial charge on any atom is 2.00 e. The topological polar surface area (TPSA) is 37.3 Å². The van der Waals surface area contributed by atoms with Gasteiger partial charge in [-0.1, -0.05) is 0 Å². The molecule has 0 saturated heterocycles. The van der Waals surface area contributed by atoms with Gasteiger partial charge in [0.15, 0.2) is 0 Å². The zero-order valence-electron chi connectivity index (χ0n) is 8.82. The van der Waals surface area contributed by atoms with Crippen molar-refractivity contribution in [2.75, 3.05) is 0 Å². The van der Waals surface area contributed by atoms with Crippen LogP contribution in [0.1, 0.15) is 12.8 Å². The fourth-order valence-electron chi connectivity index (χ4n) is 1.15. The van der Waals surface area contributed by atoms with Crippen molar-refractivity contribution in [3.05, 3.63) is 63.7 Å². The normalized spacial score (nSPS) is 19.8. The van der Waals surface area contributed by atoms with Crippen LogP contribution >= 0.6 is 0 Å². The molecule has 0 aromatic rings. The van der Waals surface area contributed by atoms with Crippen LogP contribution in [-0.4, -0.2) is 11.1 Å². The molecule has 0 aromatic carbocycles. The van der Waals surface area contributed by atoms with E-state index in [1.54, 1.807) is 0 Å². The van der Waals surface area contributed by atoms with E-state index in [1.807, 2.05) is 57.8 Å². The summed E-state index contributed by atoms with van der Waals surface area (Å²) in [6.45, 7) is 0. The molecule has 3 heteroatoms. The Morgan fingerprint density at radius 1 is 0.938 bits per heavy atom. The van der Waals surface area contributed by atoms with Gasteiger partial charge in [-0.25, -0.2) is 0 Å². The zero-order chi connectivity index (χ0) is 10.9. The number of carboxylic acid groups (broad SMARTS) is 1. The predicted molar refractivity (Wildman–Crippen MR) is 58.8 cm³/mol. The van der Waals surface area contributed by atoms with E-state index < -0.39 is 5.97 Å². The second kappa shape index (κ2) is 10.2. The molecule has 10 radical (unpaired) electrons. The Labute approximate surface area is 110 Å². The summed E-state index contributed by atoms with van der Waals surface area (Å²) in [5.41, 5.74) is 0. The number of hydrogen-bond donors (Lipinski definition) is 1. The largest absolute Gasteiger partial charge is 2.00 e. The van der Waals surface area contributed by atoms with Crippen molar-refractivity contribution in [3.63, 3.8) is 0 Å². The first-order valence-corrected chi connectivity index (χ1v) is 4.88. The monoisotopic (exact) mass is 258 g/mol. The summed E-state index contributed by atoms with van der Waals surface area (Å²) in [5.74, 6) is 0.364. The summed E-state index contributed by atoms with van der Waals surface area (Å²) in [5, 5.41) is 8.31. The first kappa shape index (κ1) is 16.0. The van der Waals surface area contributed by atoms with Crippen LogP contribution in [0.5, 0.6) is 0 Å². The van der Waals surface area contributed by atoms with E-state index in [0.717, 1.165) is 5.92 Å². The van der Waals surface area contributed by atoms with Gasteiger partial charge in [-0.2, -0.15) is 0 Å². The number of aliphatic carboxylic acids is 1. The zero-order valence-corrected chi connectivity index (χ0v) is 9.92. The molecule has 0 spiro atoms. The van der Waals surface area contributed by atoms with Crippen LogP contribution in [0.15, 0.2) is 0 Å². The molecule has 0 heterocycles. The third kappa shape index (κ3) is 8.18. The molecule has 2 saturated carbocycles. The molecule has 84 valence electrons. The van der Waals surface area contributed by atoms with Gasteiger partial charge in [0, 0.05) is 6.42 Å². The molecule has 2 nitrogen and oxygen atoms in total. The maximum atomic E-state index is 10.1. The second-order valence-corrected chi connectivity index (χ2v) is 3.15. The van der Waals surface area contributed by atoms with Crippen molar-refractivity contribution in [2.24, 2.45) is 0 Å². The average Bonchev–Trinajstić information content (AvgIpc) is 2.91. The molecule has 2 fully saturated rings. The fourth-order valence-corrected chi connectivity index (χ4v) is 1.15. The van der Waals surface area contributed by atoms with Crippen LogP contribution in [0.4, 0.5) is 0 Å². The van der Waals surface area contributed by atoms with E-state index in [1.165, 1.54) is 0 Å². The van der Waals surface area contributed by atoms with Crippen molar-refractivity contribution in [1.29, 1.82) is 0 Å². The molecule has 0 unspecified atom stereocenters. The third-order valence-corrected chi connectivity index (χ3v) is 1.91. The Bertz CT molecular complexity index is 165. The van der Waals surface area contributed by atoms with Crippen molar-refractivity contribution in [1.82, 2.24) is 0 Å². The van der Waals surface area contributed by atoms with E-state index in [-0.39, 0.29) is 23.5 Å². The van der Waals surface area contributed by atoms with Gasteiger partial charge in [-0.05, 0) is 70.1 Å². The van der Waals surface area contributed by atoms with E-state index >= 15 is 0 Å². The fraction of sp³-hybridized carbons (Fsp3) is 0.154. The summed E-state index contributed by atoms with van der Waals surface area (Å²) in [4.78, 5) is 10.1. The smallest absolute Gasteiger partial charge is 0.481 e. The molecule has 0 aliphatic heterocycles. The molecule has 16 heavy (non-hydrogen) atoms. The van der Waals surface area contributed by atoms with Gasteiger partial charge in [0.2, 0.25) is 0 Å². The van der Waals surface area contributed by atoms with E-state index in [4.69, 9.17) is 5.11 Å². The van der Waals surface area contributed by atoms with Gasteiger partial charge in [0.1, 0.15) is 0 Å². The van der Waals surface area contributed by atoms with Gasteiger partial charge in [0.25, 0.3) is 0 Å². The molecule has 0 aromatic heterocycles. The standard InChI is InChI=1S/C8H9O2.C5H5.Fe/c9-8(10)6-5-7-3-1-2-4-7;1-2-4-5-3-1;/h1-4H,5-6H2,(H,9,10);1-5H;/q;;+2. The Morgan fingerprint density at radius 3 is 1.75 bits per heavy atom. The summed E-state index contributed by atoms with van der Waals surface area (Å²) in [6.07, 6.45) is 18.6. The minimum absolute atomic E-state index is 0. The van der Waals surface area contributed by atoms with Gasteiger partial charge in [-0.15, -0.1) is 0 Å². The number of hydrogen-bond acceptors (Lipinski definition) is 1. The van der Waals surface area contributed by atoms with Gasteiger partial charge >= 0.3 is 23.0 Å². The summed E-state index contributed by atoms with van der Waals surface area (Å²) in [6, 6.07) is 0. The number of carbonyl (C=O) groups is 1. The van der Waals surface area contributed by atoms with Crippen LogP contribution in [0, 0.1) is 63.7 Å². The second-order valence-electron chi connectivity index (χ2n) is 3.15. The van der Waals surface area contributed by atoms with Crippen molar-refractivity contribution >= 4 is 5.97 Å². The first-order valence-electron chi connectivity index (χ1n) is 4.88. The first-order chi connectivity index (χ1) is 7.29. The van der Waals surface area contributed by atoms with E-state index in [2.05, 4.69) is 0 Å². The molecule has 2 aliphatic rings. The molecular weight excluding hydrogens is 244 g/mol. The molecular formula is C13H14FeO2+2.